The number of benzene rings is 1. The van der Waals surface area contributed by atoms with Crippen LogP contribution in [0.25, 0.3) is 0 Å². The van der Waals surface area contributed by atoms with Crippen LogP contribution < -0.4 is 15.8 Å². The maximum Gasteiger partial charge on any atom is 0.223 e. The van der Waals surface area contributed by atoms with Crippen molar-refractivity contribution in [2.24, 2.45) is 33.9 Å². The summed E-state index contributed by atoms with van der Waals surface area (Å²) in [6, 6.07) is 6.54. The van der Waals surface area contributed by atoms with Crippen molar-refractivity contribution in [1.29, 1.82) is 5.26 Å². The maximum absolute atomic E-state index is 12.2. The number of hydrogen-bond acceptors (Lipinski definition) is 5. The van der Waals surface area contributed by atoms with Gasteiger partial charge in [0.15, 0.2) is 17.6 Å². The highest BCUT2D eigenvalue weighted by atomic mass is 16.5. The van der Waals surface area contributed by atoms with Gasteiger partial charge in [0.1, 0.15) is 11.5 Å². The van der Waals surface area contributed by atoms with E-state index in [1.165, 1.54) is 0 Å². The van der Waals surface area contributed by atoms with Crippen molar-refractivity contribution in [2.75, 3.05) is 0 Å². The van der Waals surface area contributed by atoms with Crippen LogP contribution in [0.3, 0.4) is 0 Å². The number of hydrogen-bond donors (Lipinski definition) is 3. The molecular weight excluding hydrogens is 368 g/mol. The molecule has 4 saturated carbocycles. The molecule has 4 aliphatic rings. The average molecular weight is 396 g/mol. The van der Waals surface area contributed by atoms with Gasteiger partial charge < -0.3 is 15.6 Å². The fourth-order valence-electron chi connectivity index (χ4n) is 5.91. The number of phenolic OH excluding ortho intramolecular Hbond substituents is 1. The minimum absolute atomic E-state index is 0.0672. The number of aromatic hydroxyl groups is 1. The van der Waals surface area contributed by atoms with Gasteiger partial charge in [-0.05, 0) is 88.0 Å². The van der Waals surface area contributed by atoms with E-state index < -0.39 is 5.60 Å². The Bertz CT molecular complexity index is 855. The van der Waals surface area contributed by atoms with Gasteiger partial charge in [-0.15, -0.1) is 0 Å². The molecule has 4 bridgehead atoms. The fraction of sp³-hybridized carbons (Fsp3) is 0.591. The zero-order valence-corrected chi connectivity index (χ0v) is 16.9. The Morgan fingerprint density at radius 1 is 1.28 bits per heavy atom. The number of amidine groups is 1. The van der Waals surface area contributed by atoms with E-state index in [1.54, 1.807) is 24.3 Å². The summed E-state index contributed by atoms with van der Waals surface area (Å²) in [5.74, 6) is 2.25. The van der Waals surface area contributed by atoms with Crippen molar-refractivity contribution in [3.8, 4) is 17.7 Å². The Morgan fingerprint density at radius 2 is 1.90 bits per heavy atom. The number of carbonyl (C=O) groups excluding carboxylic acids is 1. The van der Waals surface area contributed by atoms with E-state index in [1.807, 2.05) is 20.0 Å². The second kappa shape index (κ2) is 6.94. The smallest absolute Gasteiger partial charge is 0.223 e. The molecule has 1 aromatic carbocycles. The molecule has 4 fully saturated rings. The number of primary amides is 1. The first-order valence-electron chi connectivity index (χ1n) is 10.2. The molecule has 4 N–H and O–H groups in total. The average Bonchev–Trinajstić information content (AvgIpc) is 2.65. The van der Waals surface area contributed by atoms with Gasteiger partial charge in [-0.25, -0.2) is 0 Å². The second-order valence-corrected chi connectivity index (χ2v) is 9.43. The predicted octanol–water partition coefficient (Wildman–Crippen LogP) is 2.70. The molecule has 29 heavy (non-hydrogen) atoms. The number of carbonyl (C=O) groups is 1. The summed E-state index contributed by atoms with van der Waals surface area (Å²) < 4.78 is 6.09. The van der Waals surface area contributed by atoms with Crippen molar-refractivity contribution in [1.82, 2.24) is 5.32 Å². The molecule has 5 rings (SSSR count). The zero-order valence-electron chi connectivity index (χ0n) is 16.9. The third kappa shape index (κ3) is 3.52. The number of phenols is 1. The van der Waals surface area contributed by atoms with Gasteiger partial charge in [-0.2, -0.15) is 5.26 Å². The highest BCUT2D eigenvalue weighted by molar-refractivity contribution is 5.91. The Hall–Kier alpha value is -2.75. The van der Waals surface area contributed by atoms with Gasteiger partial charge in [-0.1, -0.05) is 0 Å². The molecule has 7 nitrogen and oxygen atoms in total. The summed E-state index contributed by atoms with van der Waals surface area (Å²) in [5.41, 5.74) is 4.57. The van der Waals surface area contributed by atoms with E-state index in [4.69, 9.17) is 15.5 Å². The highest BCUT2D eigenvalue weighted by Gasteiger charge is 2.58. The summed E-state index contributed by atoms with van der Waals surface area (Å²) in [5, 5.41) is 21.5. The number of aliphatic imine (C=N–C) groups is 1. The molecule has 0 heterocycles. The predicted molar refractivity (Wildman–Crippen MR) is 108 cm³/mol. The Labute approximate surface area is 170 Å². The number of nitriles is 1. The third-order valence-corrected chi connectivity index (χ3v) is 6.98. The van der Waals surface area contributed by atoms with Crippen LogP contribution in [0.2, 0.25) is 0 Å². The van der Waals surface area contributed by atoms with Crippen molar-refractivity contribution < 1.29 is 14.6 Å². The molecule has 1 amide bonds. The van der Waals surface area contributed by atoms with Crippen molar-refractivity contribution >= 4 is 11.7 Å². The van der Waals surface area contributed by atoms with E-state index in [0.717, 1.165) is 32.1 Å². The molecule has 2 unspecified atom stereocenters. The van der Waals surface area contributed by atoms with Crippen molar-refractivity contribution in [3.63, 3.8) is 0 Å². The van der Waals surface area contributed by atoms with Crippen LogP contribution in [0, 0.1) is 34.6 Å². The molecule has 0 spiro atoms. The number of rotatable bonds is 5. The molecule has 0 aromatic heterocycles. The number of nitrogens with zero attached hydrogens (tertiary/aromatic N) is 2. The maximum atomic E-state index is 12.2. The molecule has 4 aliphatic carbocycles. The molecule has 0 saturated heterocycles. The minimum atomic E-state index is -0.858. The summed E-state index contributed by atoms with van der Waals surface area (Å²) >= 11 is 0. The monoisotopic (exact) mass is 396 g/mol. The Kier molecular flexibility index (Phi) is 4.68. The summed E-state index contributed by atoms with van der Waals surface area (Å²) in [6.07, 6.45) is 6.64. The first-order chi connectivity index (χ1) is 13.7. The van der Waals surface area contributed by atoms with Gasteiger partial charge in [0, 0.05) is 5.41 Å². The van der Waals surface area contributed by atoms with Crippen LogP contribution in [0.15, 0.2) is 29.3 Å². The Balaban J connectivity index is 1.59. The molecule has 7 heteroatoms. The van der Waals surface area contributed by atoms with Gasteiger partial charge >= 0.3 is 0 Å². The molecular formula is C22H28N4O3. The quantitative estimate of drug-likeness (QED) is 0.306. The molecule has 154 valence electrons. The largest absolute Gasteiger partial charge is 0.508 e. The lowest BCUT2D eigenvalue weighted by Crippen LogP contribution is -2.58. The van der Waals surface area contributed by atoms with E-state index >= 15 is 0 Å². The lowest BCUT2D eigenvalue weighted by Gasteiger charge is -2.57. The zero-order chi connectivity index (χ0) is 20.8. The molecule has 0 aliphatic heterocycles. The van der Waals surface area contributed by atoms with E-state index in [2.05, 4.69) is 5.32 Å². The lowest BCUT2D eigenvalue weighted by atomic mass is 9.48. The normalized spacial score (nSPS) is 33.2. The van der Waals surface area contributed by atoms with Crippen LogP contribution in [-0.4, -0.2) is 28.5 Å². The SMILES string of the molecule is CC(C)(Oc1ccc(O)cc1)C(=NC1C2CC3CC1CC(C(N)=O)(C3)C2)NC#N. The van der Waals surface area contributed by atoms with Gasteiger partial charge in [0.05, 0.1) is 6.04 Å². The highest BCUT2D eigenvalue weighted by Crippen LogP contribution is 2.60. The second-order valence-electron chi connectivity index (χ2n) is 9.43. The van der Waals surface area contributed by atoms with E-state index in [-0.39, 0.29) is 23.1 Å². The lowest BCUT2D eigenvalue weighted by molar-refractivity contribution is -0.144. The first kappa shape index (κ1) is 19.6. The molecule has 0 radical (unpaired) electrons. The number of nitrogens with two attached hydrogens (primary N) is 1. The fourth-order valence-corrected chi connectivity index (χ4v) is 5.91. The number of nitrogens with one attached hydrogen (secondary N) is 1. The van der Waals surface area contributed by atoms with E-state index in [9.17, 15) is 15.2 Å². The van der Waals surface area contributed by atoms with Crippen LogP contribution in [-0.2, 0) is 4.79 Å². The minimum Gasteiger partial charge on any atom is -0.508 e. The standard InChI is InChI=1S/C22H28N4O3/c1-21(2,29-17-5-3-16(27)4-6-17)20(25-12-23)26-18-14-7-13-8-15(18)11-22(9-13,10-14)19(24)28/h3-6,13-15,18,27H,7-11H2,1-2H3,(H2,24,28)(H,25,26). The van der Waals surface area contributed by atoms with Gasteiger partial charge in [-0.3, -0.25) is 15.1 Å². The Morgan fingerprint density at radius 3 is 2.45 bits per heavy atom. The summed E-state index contributed by atoms with van der Waals surface area (Å²) in [6.45, 7) is 3.73. The van der Waals surface area contributed by atoms with Crippen molar-refractivity contribution in [3.05, 3.63) is 24.3 Å². The van der Waals surface area contributed by atoms with E-state index in [0.29, 0.717) is 29.3 Å². The summed E-state index contributed by atoms with van der Waals surface area (Å²) in [7, 11) is 0. The van der Waals surface area contributed by atoms with Crippen molar-refractivity contribution in [2.45, 2.75) is 57.6 Å². The van der Waals surface area contributed by atoms with Gasteiger partial charge in [0.2, 0.25) is 5.91 Å². The van der Waals surface area contributed by atoms with Crippen LogP contribution >= 0.6 is 0 Å². The number of amides is 1. The van der Waals surface area contributed by atoms with Crippen LogP contribution in [0.1, 0.15) is 46.0 Å². The van der Waals surface area contributed by atoms with Crippen LogP contribution in [0.4, 0.5) is 0 Å². The topological polar surface area (TPSA) is 121 Å². The third-order valence-electron chi connectivity index (χ3n) is 6.98. The first-order valence-corrected chi connectivity index (χ1v) is 10.2. The molecule has 2 atom stereocenters. The molecule has 1 aromatic rings. The summed E-state index contributed by atoms with van der Waals surface area (Å²) in [4.78, 5) is 17.2. The van der Waals surface area contributed by atoms with Gasteiger partial charge in [0.25, 0.3) is 0 Å². The number of ether oxygens (including phenoxy) is 1. The van der Waals surface area contributed by atoms with Crippen LogP contribution in [0.5, 0.6) is 11.5 Å².